The molecule has 0 heterocycles. The van der Waals surface area contributed by atoms with Crippen LogP contribution in [0.5, 0.6) is 0 Å². The van der Waals surface area contributed by atoms with Crippen molar-refractivity contribution in [2.45, 2.75) is 25.3 Å². The number of aliphatic carboxylic acids is 1. The Kier molecular flexibility index (Phi) is 3.84. The number of nitrogens with one attached hydrogen (secondary N) is 1. The largest absolute Gasteiger partial charge is 0.479 e. The number of rotatable bonds is 6. The van der Waals surface area contributed by atoms with Crippen LogP contribution in [0.3, 0.4) is 0 Å². The van der Waals surface area contributed by atoms with Crippen LogP contribution in [0.4, 0.5) is 0 Å². The lowest BCUT2D eigenvalue weighted by Gasteiger charge is -2.09. The lowest BCUT2D eigenvalue weighted by atomic mass is 10.1. The van der Waals surface area contributed by atoms with Crippen molar-refractivity contribution in [2.24, 2.45) is 11.7 Å². The molecule has 1 atom stereocenters. The summed E-state index contributed by atoms with van der Waals surface area (Å²) in [4.78, 5) is 25.5. The Bertz CT molecular complexity index is 227. The molecule has 0 spiro atoms. The molecule has 80 valence electrons. The molecule has 4 N–H and O–H groups in total. The minimum Gasteiger partial charge on any atom is -0.479 e. The molecule has 6 nitrogen and oxygen atoms in total. The van der Waals surface area contributed by atoms with Crippen LogP contribution in [-0.4, -0.2) is 29.6 Å². The summed E-state index contributed by atoms with van der Waals surface area (Å²) < 4.78 is 0. The van der Waals surface area contributed by atoms with Gasteiger partial charge in [-0.25, -0.2) is 10.3 Å². The molecule has 6 heteroatoms. The molecule has 1 aliphatic rings. The van der Waals surface area contributed by atoms with Gasteiger partial charge in [0, 0.05) is 12.5 Å². The third-order valence-electron chi connectivity index (χ3n) is 2.03. The summed E-state index contributed by atoms with van der Waals surface area (Å²) in [7, 11) is 0. The smallest absolute Gasteiger partial charge is 0.332 e. The van der Waals surface area contributed by atoms with E-state index in [9.17, 15) is 9.59 Å². The van der Waals surface area contributed by atoms with Crippen molar-refractivity contribution in [1.82, 2.24) is 5.48 Å². The number of nitrogens with two attached hydrogens (primary N) is 1. The average Bonchev–Trinajstić information content (AvgIpc) is 2.84. The highest BCUT2D eigenvalue weighted by Crippen LogP contribution is 2.32. The zero-order valence-corrected chi connectivity index (χ0v) is 7.73. The summed E-state index contributed by atoms with van der Waals surface area (Å²) >= 11 is 0. The molecule has 0 radical (unpaired) electrons. The molecule has 0 bridgehead atoms. The fourth-order valence-electron chi connectivity index (χ4n) is 1.13. The summed E-state index contributed by atoms with van der Waals surface area (Å²) in [6.45, 7) is -0.537. The van der Waals surface area contributed by atoms with Crippen LogP contribution in [0.15, 0.2) is 0 Å². The average molecular weight is 202 g/mol. The molecule has 1 fully saturated rings. The van der Waals surface area contributed by atoms with E-state index in [4.69, 9.17) is 10.8 Å². The van der Waals surface area contributed by atoms with Crippen molar-refractivity contribution >= 4 is 11.9 Å². The molecule has 1 amide bonds. The molecule has 1 saturated carbocycles. The Balaban J connectivity index is 2.05. The SMILES string of the molecule is NC(CC(=O)NOCC(=O)O)C1CC1. The van der Waals surface area contributed by atoms with Crippen LogP contribution in [0.2, 0.25) is 0 Å². The number of carbonyl (C=O) groups excluding carboxylic acids is 1. The molecule has 14 heavy (non-hydrogen) atoms. The van der Waals surface area contributed by atoms with Crippen molar-refractivity contribution in [3.8, 4) is 0 Å². The lowest BCUT2D eigenvalue weighted by Crippen LogP contribution is -2.34. The van der Waals surface area contributed by atoms with Gasteiger partial charge in [-0.15, -0.1) is 0 Å². The second-order valence-corrected chi connectivity index (χ2v) is 3.41. The van der Waals surface area contributed by atoms with Gasteiger partial charge in [-0.3, -0.25) is 9.63 Å². The molecular weight excluding hydrogens is 188 g/mol. The summed E-state index contributed by atoms with van der Waals surface area (Å²) in [6, 6.07) is -0.136. The van der Waals surface area contributed by atoms with Crippen LogP contribution < -0.4 is 11.2 Å². The molecule has 0 aromatic heterocycles. The van der Waals surface area contributed by atoms with Gasteiger partial charge in [0.25, 0.3) is 0 Å². The Morgan fingerprint density at radius 2 is 2.21 bits per heavy atom. The summed E-state index contributed by atoms with van der Waals surface area (Å²) in [6.07, 6.45) is 2.33. The van der Waals surface area contributed by atoms with Crippen molar-refractivity contribution < 1.29 is 19.5 Å². The first-order valence-corrected chi connectivity index (χ1v) is 4.47. The maximum atomic E-state index is 11.1. The van der Waals surface area contributed by atoms with Gasteiger partial charge < -0.3 is 10.8 Å². The monoisotopic (exact) mass is 202 g/mol. The second-order valence-electron chi connectivity index (χ2n) is 3.41. The van der Waals surface area contributed by atoms with Crippen LogP contribution >= 0.6 is 0 Å². The van der Waals surface area contributed by atoms with Gasteiger partial charge in [0.05, 0.1) is 0 Å². The molecule has 0 saturated heterocycles. The molecule has 0 aliphatic heterocycles. The fraction of sp³-hybridized carbons (Fsp3) is 0.750. The number of hydrogen-bond donors (Lipinski definition) is 3. The highest BCUT2D eigenvalue weighted by Gasteiger charge is 2.29. The molecule has 1 unspecified atom stereocenters. The number of carbonyl (C=O) groups is 2. The van der Waals surface area contributed by atoms with E-state index in [2.05, 4.69) is 4.84 Å². The first-order chi connectivity index (χ1) is 6.59. The Morgan fingerprint density at radius 1 is 1.57 bits per heavy atom. The normalized spacial score (nSPS) is 17.5. The molecule has 0 aromatic rings. The highest BCUT2D eigenvalue weighted by atomic mass is 16.7. The minimum absolute atomic E-state index is 0.136. The summed E-state index contributed by atoms with van der Waals surface area (Å²) in [5.41, 5.74) is 7.71. The fourth-order valence-corrected chi connectivity index (χ4v) is 1.13. The van der Waals surface area contributed by atoms with E-state index in [1.807, 2.05) is 5.48 Å². The number of hydrogen-bond acceptors (Lipinski definition) is 4. The maximum Gasteiger partial charge on any atom is 0.332 e. The molecule has 1 rings (SSSR count). The predicted molar refractivity (Wildman–Crippen MR) is 47.0 cm³/mol. The van der Waals surface area contributed by atoms with Gasteiger partial charge in [0.2, 0.25) is 5.91 Å². The Hall–Kier alpha value is -1.14. The number of carboxylic acids is 1. The summed E-state index contributed by atoms with van der Waals surface area (Å²) in [5, 5.41) is 8.21. The minimum atomic E-state index is -1.13. The number of hydroxylamine groups is 1. The Morgan fingerprint density at radius 3 is 2.71 bits per heavy atom. The standard InChI is InChI=1S/C8H14N2O4/c9-6(5-1-2-5)3-7(11)10-14-4-8(12)13/h5-6H,1-4,9H2,(H,10,11)(H,12,13). The number of amides is 1. The molecular formula is C8H14N2O4. The van der Waals surface area contributed by atoms with Crippen molar-refractivity contribution in [3.63, 3.8) is 0 Å². The zero-order chi connectivity index (χ0) is 10.6. The van der Waals surface area contributed by atoms with Gasteiger partial charge >= 0.3 is 5.97 Å². The summed E-state index contributed by atoms with van der Waals surface area (Å²) in [5.74, 6) is -1.05. The first kappa shape index (κ1) is 10.9. The Labute approximate surface area is 81.4 Å². The lowest BCUT2D eigenvalue weighted by molar-refractivity contribution is -0.149. The topological polar surface area (TPSA) is 102 Å². The zero-order valence-electron chi connectivity index (χ0n) is 7.73. The van der Waals surface area contributed by atoms with Gasteiger partial charge in [-0.05, 0) is 18.8 Å². The molecule has 0 aromatic carbocycles. The van der Waals surface area contributed by atoms with Crippen LogP contribution in [0.1, 0.15) is 19.3 Å². The third-order valence-corrected chi connectivity index (χ3v) is 2.03. The third kappa shape index (κ3) is 4.20. The molecule has 1 aliphatic carbocycles. The van der Waals surface area contributed by atoms with Gasteiger partial charge in [-0.1, -0.05) is 0 Å². The van der Waals surface area contributed by atoms with Gasteiger partial charge in [-0.2, -0.15) is 0 Å². The van der Waals surface area contributed by atoms with E-state index in [0.717, 1.165) is 12.8 Å². The van der Waals surface area contributed by atoms with Gasteiger partial charge in [0.15, 0.2) is 6.61 Å². The second kappa shape index (κ2) is 4.92. The van der Waals surface area contributed by atoms with Crippen LogP contribution in [0.25, 0.3) is 0 Å². The van der Waals surface area contributed by atoms with E-state index >= 15 is 0 Å². The highest BCUT2D eigenvalue weighted by molar-refractivity contribution is 5.76. The first-order valence-electron chi connectivity index (χ1n) is 4.47. The van der Waals surface area contributed by atoms with E-state index in [-0.39, 0.29) is 18.4 Å². The van der Waals surface area contributed by atoms with Gasteiger partial charge in [0.1, 0.15) is 0 Å². The van der Waals surface area contributed by atoms with Crippen molar-refractivity contribution in [3.05, 3.63) is 0 Å². The van der Waals surface area contributed by atoms with E-state index < -0.39 is 12.6 Å². The van der Waals surface area contributed by atoms with Crippen molar-refractivity contribution in [2.75, 3.05) is 6.61 Å². The van der Waals surface area contributed by atoms with E-state index in [0.29, 0.717) is 5.92 Å². The van der Waals surface area contributed by atoms with Crippen LogP contribution in [0, 0.1) is 5.92 Å². The predicted octanol–water partition coefficient (Wildman–Crippen LogP) is -0.754. The number of carboxylic acid groups (broad SMARTS) is 1. The van der Waals surface area contributed by atoms with E-state index in [1.165, 1.54) is 0 Å². The van der Waals surface area contributed by atoms with E-state index in [1.54, 1.807) is 0 Å². The van der Waals surface area contributed by atoms with Crippen molar-refractivity contribution in [1.29, 1.82) is 0 Å². The quantitative estimate of drug-likeness (QED) is 0.492. The van der Waals surface area contributed by atoms with Crippen LogP contribution in [-0.2, 0) is 14.4 Å². The maximum absolute atomic E-state index is 11.1.